The van der Waals surface area contributed by atoms with E-state index in [0.717, 1.165) is 18.6 Å². The number of H-pyrrole nitrogens is 1. The first-order chi connectivity index (χ1) is 6.45. The zero-order chi connectivity index (χ0) is 8.67. The van der Waals surface area contributed by atoms with Crippen LogP contribution in [0.3, 0.4) is 0 Å². The van der Waals surface area contributed by atoms with Crippen LogP contribution < -0.4 is 5.32 Å². The fraction of sp³-hybridized carbons (Fsp3) is 0.300. The Morgan fingerprint density at radius 3 is 3.38 bits per heavy atom. The molecular weight excluding hydrogens is 162 g/mol. The molecule has 3 rings (SSSR count). The van der Waals surface area contributed by atoms with Crippen molar-refractivity contribution in [2.24, 2.45) is 0 Å². The molecule has 0 aliphatic carbocycles. The Labute approximate surface area is 76.2 Å². The first-order valence-electron chi connectivity index (χ1n) is 4.64. The van der Waals surface area contributed by atoms with Gasteiger partial charge in [0, 0.05) is 30.0 Å². The van der Waals surface area contributed by atoms with Crippen LogP contribution in [-0.2, 0) is 6.42 Å². The SMILES string of the molecule is c1cc2c3c(cnc2[nH]1)CCCN3. The molecule has 13 heavy (non-hydrogen) atoms. The lowest BCUT2D eigenvalue weighted by atomic mass is 10.0. The number of pyridine rings is 1. The number of aromatic nitrogens is 2. The largest absolute Gasteiger partial charge is 0.384 e. The van der Waals surface area contributed by atoms with Crippen molar-refractivity contribution in [2.75, 3.05) is 11.9 Å². The number of aryl methyl sites for hydroxylation is 1. The molecule has 0 unspecified atom stereocenters. The zero-order valence-electron chi connectivity index (χ0n) is 7.30. The summed E-state index contributed by atoms with van der Waals surface area (Å²) in [7, 11) is 0. The number of nitrogens with one attached hydrogen (secondary N) is 2. The molecule has 0 bridgehead atoms. The number of aromatic amines is 1. The van der Waals surface area contributed by atoms with Crippen LogP contribution in [0.15, 0.2) is 18.5 Å². The number of hydrogen-bond acceptors (Lipinski definition) is 2. The molecule has 0 aromatic carbocycles. The third-order valence-corrected chi connectivity index (χ3v) is 2.59. The van der Waals surface area contributed by atoms with Gasteiger partial charge in [-0.1, -0.05) is 0 Å². The molecule has 3 nitrogen and oxygen atoms in total. The van der Waals surface area contributed by atoms with Crippen molar-refractivity contribution in [1.82, 2.24) is 9.97 Å². The molecule has 0 radical (unpaired) electrons. The molecule has 1 aliphatic rings. The molecule has 0 fully saturated rings. The molecule has 0 amide bonds. The summed E-state index contributed by atoms with van der Waals surface area (Å²) in [5.74, 6) is 0. The molecule has 2 aromatic rings. The van der Waals surface area contributed by atoms with Crippen LogP contribution in [0.2, 0.25) is 0 Å². The lowest BCUT2D eigenvalue weighted by Crippen LogP contribution is -2.12. The summed E-state index contributed by atoms with van der Waals surface area (Å²) in [6.45, 7) is 1.08. The van der Waals surface area contributed by atoms with Gasteiger partial charge in [0.15, 0.2) is 0 Å². The number of fused-ring (bicyclic) bond motifs is 3. The highest BCUT2D eigenvalue weighted by molar-refractivity contribution is 5.91. The van der Waals surface area contributed by atoms with Crippen LogP contribution in [-0.4, -0.2) is 16.5 Å². The van der Waals surface area contributed by atoms with Gasteiger partial charge in [0.1, 0.15) is 5.65 Å². The van der Waals surface area contributed by atoms with Crippen molar-refractivity contribution < 1.29 is 0 Å². The van der Waals surface area contributed by atoms with E-state index < -0.39 is 0 Å². The summed E-state index contributed by atoms with van der Waals surface area (Å²) in [4.78, 5) is 7.48. The van der Waals surface area contributed by atoms with Crippen LogP contribution in [0.1, 0.15) is 12.0 Å². The maximum absolute atomic E-state index is 4.36. The second-order valence-electron chi connectivity index (χ2n) is 3.43. The molecule has 2 N–H and O–H groups in total. The van der Waals surface area contributed by atoms with E-state index in [1.807, 2.05) is 12.4 Å². The van der Waals surface area contributed by atoms with Crippen molar-refractivity contribution in [3.63, 3.8) is 0 Å². The van der Waals surface area contributed by atoms with Gasteiger partial charge in [0.05, 0.1) is 0 Å². The van der Waals surface area contributed by atoms with Gasteiger partial charge in [0.25, 0.3) is 0 Å². The quantitative estimate of drug-likeness (QED) is 0.639. The summed E-state index contributed by atoms with van der Waals surface area (Å²) in [5, 5.41) is 4.65. The van der Waals surface area contributed by atoms with Gasteiger partial charge in [0.2, 0.25) is 0 Å². The summed E-state index contributed by atoms with van der Waals surface area (Å²) in [5.41, 5.74) is 3.60. The Morgan fingerprint density at radius 1 is 1.38 bits per heavy atom. The van der Waals surface area contributed by atoms with Crippen molar-refractivity contribution in [3.05, 3.63) is 24.0 Å². The van der Waals surface area contributed by atoms with E-state index in [4.69, 9.17) is 0 Å². The van der Waals surface area contributed by atoms with E-state index in [1.54, 1.807) is 0 Å². The molecule has 0 atom stereocenters. The minimum atomic E-state index is 0.980. The number of rotatable bonds is 0. The van der Waals surface area contributed by atoms with Crippen LogP contribution >= 0.6 is 0 Å². The van der Waals surface area contributed by atoms with Gasteiger partial charge < -0.3 is 10.3 Å². The van der Waals surface area contributed by atoms with Crippen LogP contribution in [0, 0.1) is 0 Å². The normalized spacial score (nSPS) is 15.4. The Bertz CT molecular complexity index is 444. The van der Waals surface area contributed by atoms with Crippen molar-refractivity contribution in [1.29, 1.82) is 0 Å². The molecule has 2 aromatic heterocycles. The number of anilines is 1. The number of nitrogens with zero attached hydrogens (tertiary/aromatic N) is 1. The molecule has 0 spiro atoms. The fourth-order valence-electron chi connectivity index (χ4n) is 1.94. The van der Waals surface area contributed by atoms with Gasteiger partial charge in [-0.3, -0.25) is 0 Å². The van der Waals surface area contributed by atoms with Gasteiger partial charge >= 0.3 is 0 Å². The van der Waals surface area contributed by atoms with E-state index in [2.05, 4.69) is 21.4 Å². The van der Waals surface area contributed by atoms with E-state index in [-0.39, 0.29) is 0 Å². The molecule has 0 saturated carbocycles. The van der Waals surface area contributed by atoms with E-state index in [1.165, 1.54) is 23.1 Å². The Hall–Kier alpha value is -1.51. The van der Waals surface area contributed by atoms with E-state index in [0.29, 0.717) is 0 Å². The highest BCUT2D eigenvalue weighted by atomic mass is 14.9. The van der Waals surface area contributed by atoms with Crippen molar-refractivity contribution >= 4 is 16.7 Å². The van der Waals surface area contributed by atoms with Gasteiger partial charge in [-0.05, 0) is 24.5 Å². The Morgan fingerprint density at radius 2 is 2.38 bits per heavy atom. The summed E-state index contributed by atoms with van der Waals surface area (Å²) < 4.78 is 0. The second kappa shape index (κ2) is 2.49. The summed E-state index contributed by atoms with van der Waals surface area (Å²) in [6.07, 6.45) is 6.27. The first kappa shape index (κ1) is 6.95. The summed E-state index contributed by atoms with van der Waals surface area (Å²) in [6, 6.07) is 2.08. The van der Waals surface area contributed by atoms with Crippen LogP contribution in [0.5, 0.6) is 0 Å². The molecular formula is C10H11N3. The lowest BCUT2D eigenvalue weighted by Gasteiger charge is -2.17. The van der Waals surface area contributed by atoms with Gasteiger partial charge in [-0.15, -0.1) is 0 Å². The molecule has 0 saturated heterocycles. The zero-order valence-corrected chi connectivity index (χ0v) is 7.30. The van der Waals surface area contributed by atoms with Crippen molar-refractivity contribution in [2.45, 2.75) is 12.8 Å². The average Bonchev–Trinajstić information content (AvgIpc) is 2.65. The highest BCUT2D eigenvalue weighted by Gasteiger charge is 2.12. The third-order valence-electron chi connectivity index (χ3n) is 2.59. The summed E-state index contributed by atoms with van der Waals surface area (Å²) >= 11 is 0. The monoisotopic (exact) mass is 173 g/mol. The van der Waals surface area contributed by atoms with Crippen molar-refractivity contribution in [3.8, 4) is 0 Å². The van der Waals surface area contributed by atoms with Gasteiger partial charge in [-0.2, -0.15) is 0 Å². The average molecular weight is 173 g/mol. The molecule has 66 valence electrons. The molecule has 3 heterocycles. The minimum absolute atomic E-state index is 0.980. The lowest BCUT2D eigenvalue weighted by molar-refractivity contribution is 0.829. The maximum atomic E-state index is 4.36. The Balaban J connectivity index is 2.34. The standard InChI is InChI=1S/C10H11N3/c1-2-7-6-13-10-8(3-5-12-10)9(7)11-4-1/h3,5-6,11H,1-2,4H2,(H,12,13). The van der Waals surface area contributed by atoms with Crippen LogP contribution in [0.4, 0.5) is 5.69 Å². The Kier molecular flexibility index (Phi) is 1.33. The molecule has 1 aliphatic heterocycles. The minimum Gasteiger partial charge on any atom is -0.384 e. The van der Waals surface area contributed by atoms with Crippen LogP contribution in [0.25, 0.3) is 11.0 Å². The first-order valence-corrected chi connectivity index (χ1v) is 4.64. The third kappa shape index (κ3) is 0.932. The van der Waals surface area contributed by atoms with Gasteiger partial charge in [-0.25, -0.2) is 4.98 Å². The van der Waals surface area contributed by atoms with E-state index in [9.17, 15) is 0 Å². The molecule has 3 heteroatoms. The second-order valence-corrected chi connectivity index (χ2v) is 3.43. The highest BCUT2D eigenvalue weighted by Crippen LogP contribution is 2.28. The topological polar surface area (TPSA) is 40.7 Å². The fourth-order valence-corrected chi connectivity index (χ4v) is 1.94. The smallest absolute Gasteiger partial charge is 0.139 e. The number of hydrogen-bond donors (Lipinski definition) is 2. The van der Waals surface area contributed by atoms with E-state index >= 15 is 0 Å². The predicted molar refractivity (Wildman–Crippen MR) is 52.9 cm³/mol. The predicted octanol–water partition coefficient (Wildman–Crippen LogP) is 1.92. The maximum Gasteiger partial charge on any atom is 0.139 e.